The van der Waals surface area contributed by atoms with E-state index in [1.54, 1.807) is 0 Å². The molecule has 0 saturated heterocycles. The van der Waals surface area contributed by atoms with Gasteiger partial charge in [-0.1, -0.05) is 35.6 Å². The second-order valence-corrected chi connectivity index (χ2v) is 5.62. The molecule has 0 spiro atoms. The zero-order valence-corrected chi connectivity index (χ0v) is 11.9. The van der Waals surface area contributed by atoms with Gasteiger partial charge in [0.25, 0.3) is 0 Å². The summed E-state index contributed by atoms with van der Waals surface area (Å²) >= 11 is 1.29. The highest BCUT2D eigenvalue weighted by molar-refractivity contribution is 7.18. The zero-order valence-electron chi connectivity index (χ0n) is 11.1. The average molecular weight is 289 g/mol. The number of esters is 1. The fraction of sp³-hybridized carbons (Fsp3) is 0.286. The Hall–Kier alpha value is -2.08. The Morgan fingerprint density at radius 2 is 2.15 bits per heavy atom. The average Bonchev–Trinajstić information content (AvgIpc) is 2.88. The SMILES string of the molecule is COC(=O)c1sc(N2CCc3ccccc3C2)nc1N. The highest BCUT2D eigenvalue weighted by Crippen LogP contribution is 2.31. The Bertz CT molecular complexity index is 654. The second-order valence-electron chi connectivity index (χ2n) is 4.64. The van der Waals surface area contributed by atoms with Gasteiger partial charge < -0.3 is 15.4 Å². The lowest BCUT2D eigenvalue weighted by Crippen LogP contribution is -2.30. The molecular formula is C14H15N3O2S. The lowest BCUT2D eigenvalue weighted by molar-refractivity contribution is 0.0607. The molecule has 0 bridgehead atoms. The molecule has 0 radical (unpaired) electrons. The molecule has 0 saturated carbocycles. The number of carbonyl (C=O) groups is 1. The third-order valence-corrected chi connectivity index (χ3v) is 4.53. The van der Waals surface area contributed by atoms with Gasteiger partial charge in [0, 0.05) is 13.1 Å². The maximum Gasteiger partial charge on any atom is 0.351 e. The summed E-state index contributed by atoms with van der Waals surface area (Å²) in [7, 11) is 1.35. The van der Waals surface area contributed by atoms with E-state index in [0.29, 0.717) is 4.88 Å². The highest BCUT2D eigenvalue weighted by atomic mass is 32.1. The van der Waals surface area contributed by atoms with Crippen LogP contribution in [0.1, 0.15) is 20.8 Å². The summed E-state index contributed by atoms with van der Waals surface area (Å²) in [6.07, 6.45) is 0.975. The summed E-state index contributed by atoms with van der Waals surface area (Å²) in [4.78, 5) is 18.4. The Kier molecular flexibility index (Phi) is 3.31. The topological polar surface area (TPSA) is 68.5 Å². The first kappa shape index (κ1) is 12.9. The third kappa shape index (κ3) is 2.22. The number of thiazole rings is 1. The van der Waals surface area contributed by atoms with E-state index in [1.165, 1.54) is 29.6 Å². The molecule has 1 aromatic carbocycles. The van der Waals surface area contributed by atoms with Crippen molar-refractivity contribution in [2.45, 2.75) is 13.0 Å². The molecule has 104 valence electrons. The largest absolute Gasteiger partial charge is 0.465 e. The second kappa shape index (κ2) is 5.13. The van der Waals surface area contributed by atoms with E-state index in [1.807, 2.05) is 6.07 Å². The van der Waals surface area contributed by atoms with Crippen molar-refractivity contribution < 1.29 is 9.53 Å². The van der Waals surface area contributed by atoms with Gasteiger partial charge in [0.1, 0.15) is 0 Å². The van der Waals surface area contributed by atoms with Crippen LogP contribution in [0.5, 0.6) is 0 Å². The van der Waals surface area contributed by atoms with Crippen molar-refractivity contribution in [3.05, 3.63) is 40.3 Å². The molecule has 2 heterocycles. The number of nitrogens with zero attached hydrogens (tertiary/aromatic N) is 2. The smallest absolute Gasteiger partial charge is 0.351 e. The Balaban J connectivity index is 1.87. The molecule has 3 rings (SSSR count). The van der Waals surface area contributed by atoms with Gasteiger partial charge in [0.05, 0.1) is 7.11 Å². The Morgan fingerprint density at radius 3 is 2.90 bits per heavy atom. The minimum atomic E-state index is -0.427. The molecule has 0 aliphatic carbocycles. The quantitative estimate of drug-likeness (QED) is 0.857. The fourth-order valence-corrected chi connectivity index (χ4v) is 3.28. The van der Waals surface area contributed by atoms with Crippen molar-refractivity contribution in [2.75, 3.05) is 24.3 Å². The first-order valence-electron chi connectivity index (χ1n) is 6.35. The molecule has 0 unspecified atom stereocenters. The van der Waals surface area contributed by atoms with Crippen LogP contribution < -0.4 is 10.6 Å². The van der Waals surface area contributed by atoms with Gasteiger partial charge in [0.2, 0.25) is 0 Å². The molecule has 0 amide bonds. The predicted molar refractivity (Wildman–Crippen MR) is 79.1 cm³/mol. The minimum Gasteiger partial charge on any atom is -0.465 e. The van der Waals surface area contributed by atoms with Crippen molar-refractivity contribution in [3.8, 4) is 0 Å². The number of ether oxygens (including phenoxy) is 1. The Labute approximate surface area is 121 Å². The van der Waals surface area contributed by atoms with Gasteiger partial charge in [0.15, 0.2) is 15.8 Å². The number of aromatic nitrogens is 1. The van der Waals surface area contributed by atoms with Crippen molar-refractivity contribution in [2.24, 2.45) is 0 Å². The molecule has 2 N–H and O–H groups in total. The van der Waals surface area contributed by atoms with Gasteiger partial charge >= 0.3 is 5.97 Å². The lowest BCUT2D eigenvalue weighted by atomic mass is 10.0. The first-order chi connectivity index (χ1) is 9.69. The normalized spacial score (nSPS) is 13.9. The van der Waals surface area contributed by atoms with Crippen LogP contribution in [-0.4, -0.2) is 24.6 Å². The molecule has 1 aromatic heterocycles. The number of fused-ring (bicyclic) bond motifs is 1. The summed E-state index contributed by atoms with van der Waals surface area (Å²) < 4.78 is 4.71. The maximum atomic E-state index is 11.6. The van der Waals surface area contributed by atoms with E-state index in [4.69, 9.17) is 10.5 Å². The van der Waals surface area contributed by atoms with Gasteiger partial charge in [-0.15, -0.1) is 0 Å². The summed E-state index contributed by atoms with van der Waals surface area (Å²) in [5.41, 5.74) is 8.47. The molecular weight excluding hydrogens is 274 g/mol. The predicted octanol–water partition coefficient (Wildman–Crippen LogP) is 2.07. The van der Waals surface area contributed by atoms with Crippen LogP contribution in [0.4, 0.5) is 10.9 Å². The van der Waals surface area contributed by atoms with Gasteiger partial charge in [-0.05, 0) is 17.5 Å². The number of rotatable bonds is 2. The number of methoxy groups -OCH3 is 1. The molecule has 20 heavy (non-hydrogen) atoms. The van der Waals surface area contributed by atoms with E-state index in [0.717, 1.165) is 24.6 Å². The summed E-state index contributed by atoms with van der Waals surface area (Å²) in [6.45, 7) is 1.67. The van der Waals surface area contributed by atoms with Crippen LogP contribution in [0.3, 0.4) is 0 Å². The fourth-order valence-electron chi connectivity index (χ4n) is 2.35. The number of anilines is 2. The number of hydrogen-bond donors (Lipinski definition) is 1. The molecule has 5 nitrogen and oxygen atoms in total. The minimum absolute atomic E-state index is 0.246. The molecule has 0 fully saturated rings. The van der Waals surface area contributed by atoms with E-state index in [2.05, 4.69) is 28.1 Å². The number of benzene rings is 1. The third-order valence-electron chi connectivity index (χ3n) is 3.41. The van der Waals surface area contributed by atoms with Crippen LogP contribution in [-0.2, 0) is 17.7 Å². The van der Waals surface area contributed by atoms with E-state index in [-0.39, 0.29) is 5.82 Å². The van der Waals surface area contributed by atoms with Crippen molar-refractivity contribution in [1.29, 1.82) is 0 Å². The van der Waals surface area contributed by atoms with E-state index >= 15 is 0 Å². The lowest BCUT2D eigenvalue weighted by Gasteiger charge is -2.28. The van der Waals surface area contributed by atoms with Crippen molar-refractivity contribution in [3.63, 3.8) is 0 Å². The van der Waals surface area contributed by atoms with E-state index < -0.39 is 5.97 Å². The first-order valence-corrected chi connectivity index (χ1v) is 7.17. The van der Waals surface area contributed by atoms with Crippen LogP contribution in [0.2, 0.25) is 0 Å². The van der Waals surface area contributed by atoms with Crippen molar-refractivity contribution in [1.82, 2.24) is 4.98 Å². The van der Waals surface area contributed by atoms with Crippen LogP contribution in [0.15, 0.2) is 24.3 Å². The number of hydrogen-bond acceptors (Lipinski definition) is 6. The van der Waals surface area contributed by atoms with Crippen LogP contribution >= 0.6 is 11.3 Å². The van der Waals surface area contributed by atoms with Crippen LogP contribution in [0, 0.1) is 0 Å². The zero-order chi connectivity index (χ0) is 14.1. The number of nitrogens with two attached hydrogens (primary N) is 1. The summed E-state index contributed by atoms with van der Waals surface area (Å²) in [5.74, 6) is -0.181. The standard InChI is InChI=1S/C14H15N3O2S/c1-19-13(18)11-12(15)16-14(20-11)17-7-6-9-4-2-3-5-10(9)8-17/h2-5H,6-8,15H2,1H3. The molecule has 1 aliphatic heterocycles. The highest BCUT2D eigenvalue weighted by Gasteiger charge is 2.23. The molecule has 1 aliphatic rings. The summed E-state index contributed by atoms with van der Waals surface area (Å²) in [5, 5.41) is 0.775. The number of nitrogen functional groups attached to an aromatic ring is 1. The van der Waals surface area contributed by atoms with E-state index in [9.17, 15) is 4.79 Å². The molecule has 0 atom stereocenters. The number of carbonyl (C=O) groups excluding carboxylic acids is 1. The van der Waals surface area contributed by atoms with Gasteiger partial charge in [-0.2, -0.15) is 0 Å². The Morgan fingerprint density at radius 1 is 1.40 bits per heavy atom. The maximum absolute atomic E-state index is 11.6. The van der Waals surface area contributed by atoms with Crippen molar-refractivity contribution >= 4 is 28.3 Å². The molecule has 6 heteroatoms. The van der Waals surface area contributed by atoms with Crippen LogP contribution in [0.25, 0.3) is 0 Å². The monoisotopic (exact) mass is 289 g/mol. The van der Waals surface area contributed by atoms with Gasteiger partial charge in [-0.25, -0.2) is 9.78 Å². The summed E-state index contributed by atoms with van der Waals surface area (Å²) in [6, 6.07) is 8.38. The molecule has 2 aromatic rings. The van der Waals surface area contributed by atoms with Gasteiger partial charge in [-0.3, -0.25) is 0 Å².